The van der Waals surface area contributed by atoms with Gasteiger partial charge >= 0.3 is 11.8 Å². The van der Waals surface area contributed by atoms with E-state index in [1.54, 1.807) is 0 Å². The van der Waals surface area contributed by atoms with Crippen LogP contribution in [-0.2, 0) is 22.8 Å². The molecule has 0 saturated carbocycles. The number of alkyl halides is 4. The van der Waals surface area contributed by atoms with Crippen LogP contribution in [0.1, 0.15) is 38.3 Å². The average molecular weight is 446 g/mol. The first kappa shape index (κ1) is 20.7. The molecule has 0 spiro atoms. The van der Waals surface area contributed by atoms with Gasteiger partial charge in [0.15, 0.2) is 5.54 Å². The number of fused-ring (bicyclic) bond motifs is 1. The Bertz CT molecular complexity index is 707. The molecule has 2 nitrogen and oxygen atoms in total. The molecular weight excluding hydrogens is 429 g/mol. The fourth-order valence-electron chi connectivity index (χ4n) is 2.74. The molecule has 0 radical (unpaired) electrons. The van der Waals surface area contributed by atoms with Crippen molar-refractivity contribution in [1.82, 2.24) is 4.72 Å². The molecular formula is C16H17BrF5NOS. The van der Waals surface area contributed by atoms with Gasteiger partial charge in [0, 0.05) is 22.5 Å². The highest BCUT2D eigenvalue weighted by Crippen LogP contribution is 2.63. The van der Waals surface area contributed by atoms with Gasteiger partial charge in [-0.25, -0.2) is 4.39 Å². The van der Waals surface area contributed by atoms with E-state index in [2.05, 4.69) is 27.2 Å². The summed E-state index contributed by atoms with van der Waals surface area (Å²) in [7, 11) is 0. The zero-order valence-corrected chi connectivity index (χ0v) is 16.1. The van der Waals surface area contributed by atoms with Crippen molar-refractivity contribution in [3.63, 3.8) is 0 Å². The van der Waals surface area contributed by atoms with Crippen molar-refractivity contribution < 1.29 is 26.5 Å². The van der Waals surface area contributed by atoms with Crippen LogP contribution in [0.3, 0.4) is 0 Å². The van der Waals surface area contributed by atoms with E-state index in [1.165, 1.54) is 20.8 Å². The van der Waals surface area contributed by atoms with Crippen LogP contribution >= 0.6 is 15.9 Å². The third-order valence-electron chi connectivity index (χ3n) is 4.06. The Kier molecular flexibility index (Phi) is 5.14. The molecule has 1 N–H and O–H groups in total. The third kappa shape index (κ3) is 2.83. The van der Waals surface area contributed by atoms with Crippen molar-refractivity contribution in [2.24, 2.45) is 0 Å². The Hall–Kier alpha value is -0.640. The van der Waals surface area contributed by atoms with E-state index in [1.807, 2.05) is 0 Å². The predicted molar refractivity (Wildman–Crippen MR) is 90.5 cm³/mol. The molecule has 2 atom stereocenters. The van der Waals surface area contributed by atoms with E-state index in [0.717, 1.165) is 6.08 Å². The first-order chi connectivity index (χ1) is 11.2. The Balaban J connectivity index is 2.83. The lowest BCUT2D eigenvalue weighted by molar-refractivity contribution is -0.239. The largest absolute Gasteiger partial charge is 0.598 e. The minimum Gasteiger partial charge on any atom is -0.598 e. The van der Waals surface area contributed by atoms with Gasteiger partial charge in [-0.2, -0.15) is 17.6 Å². The molecule has 0 bridgehead atoms. The van der Waals surface area contributed by atoms with Crippen molar-refractivity contribution in [3.05, 3.63) is 46.2 Å². The van der Waals surface area contributed by atoms with Crippen LogP contribution in [0.25, 0.3) is 0 Å². The Morgan fingerprint density at radius 1 is 1.28 bits per heavy atom. The standard InChI is InChI=1S/C16H17BrF5NOS/c1-5-8-14(23-25(24)13(2,3)4)11-9(6-7-10(18)12(11)17)15(19,20)16(14,21)22/h5-7,23H,1,8H2,2-4H3. The van der Waals surface area contributed by atoms with E-state index < -0.39 is 61.3 Å². The van der Waals surface area contributed by atoms with Gasteiger partial charge in [0.1, 0.15) is 10.6 Å². The topological polar surface area (TPSA) is 35.1 Å². The quantitative estimate of drug-likeness (QED) is 0.395. The smallest absolute Gasteiger partial charge is 0.340 e. The summed E-state index contributed by atoms with van der Waals surface area (Å²) in [5.41, 5.74) is -4.42. The third-order valence-corrected chi connectivity index (χ3v) is 6.49. The maximum Gasteiger partial charge on any atom is 0.340 e. The average Bonchev–Trinajstić information content (AvgIpc) is 2.59. The summed E-state index contributed by atoms with van der Waals surface area (Å²) in [6.45, 7) is 7.86. The van der Waals surface area contributed by atoms with E-state index in [4.69, 9.17) is 0 Å². The zero-order valence-electron chi connectivity index (χ0n) is 13.7. The zero-order chi connectivity index (χ0) is 19.4. The molecule has 140 valence electrons. The summed E-state index contributed by atoms with van der Waals surface area (Å²) < 4.78 is 86.0. The highest BCUT2D eigenvalue weighted by atomic mass is 79.9. The van der Waals surface area contributed by atoms with Crippen LogP contribution in [0.2, 0.25) is 0 Å². The first-order valence-corrected chi connectivity index (χ1v) is 9.23. The van der Waals surface area contributed by atoms with Gasteiger partial charge in [0.2, 0.25) is 0 Å². The summed E-state index contributed by atoms with van der Waals surface area (Å²) in [5.74, 6) is -10.2. The first-order valence-electron chi connectivity index (χ1n) is 7.29. The Morgan fingerprint density at radius 3 is 2.32 bits per heavy atom. The monoisotopic (exact) mass is 445 g/mol. The Labute approximate surface area is 154 Å². The fraction of sp³-hybridized carbons (Fsp3) is 0.500. The second-order valence-corrected chi connectivity index (χ2v) is 9.57. The SMILES string of the molecule is C=CCC1(N[S+]([O-])C(C)(C)C)c2c(ccc(F)c2Br)C(F)(F)C1(F)F. The summed E-state index contributed by atoms with van der Waals surface area (Å²) >= 11 is 0.681. The molecule has 9 heteroatoms. The minimum atomic E-state index is -4.66. The lowest BCUT2D eigenvalue weighted by Gasteiger charge is -2.39. The molecule has 0 aliphatic heterocycles. The molecule has 1 aromatic rings. The number of rotatable bonds is 4. The second kappa shape index (κ2) is 6.21. The number of hydrogen-bond donors (Lipinski definition) is 1. The van der Waals surface area contributed by atoms with E-state index in [0.29, 0.717) is 12.1 Å². The lowest BCUT2D eigenvalue weighted by Crippen LogP contribution is -2.61. The van der Waals surface area contributed by atoms with Crippen LogP contribution in [0.4, 0.5) is 22.0 Å². The molecule has 1 aromatic carbocycles. The molecule has 0 fully saturated rings. The number of halogens is 6. The van der Waals surface area contributed by atoms with Gasteiger partial charge in [-0.05, 0) is 55.3 Å². The maximum absolute atomic E-state index is 14.9. The maximum atomic E-state index is 14.9. The molecule has 0 heterocycles. The molecule has 0 aromatic heterocycles. The second-order valence-electron chi connectivity index (χ2n) is 6.81. The van der Waals surface area contributed by atoms with Crippen molar-refractivity contribution >= 4 is 27.3 Å². The van der Waals surface area contributed by atoms with Crippen LogP contribution in [0, 0.1) is 5.82 Å². The van der Waals surface area contributed by atoms with Gasteiger partial charge < -0.3 is 4.55 Å². The number of hydrogen-bond acceptors (Lipinski definition) is 2. The molecule has 25 heavy (non-hydrogen) atoms. The van der Waals surface area contributed by atoms with Crippen molar-refractivity contribution in [2.45, 2.75) is 49.3 Å². The van der Waals surface area contributed by atoms with Gasteiger partial charge in [0.25, 0.3) is 0 Å². The molecule has 1 aliphatic rings. The number of nitrogens with one attached hydrogen (secondary N) is 1. The van der Waals surface area contributed by atoms with E-state index in [-0.39, 0.29) is 0 Å². The van der Waals surface area contributed by atoms with Gasteiger partial charge in [0.05, 0.1) is 4.47 Å². The van der Waals surface area contributed by atoms with Crippen molar-refractivity contribution in [2.75, 3.05) is 0 Å². The van der Waals surface area contributed by atoms with Crippen LogP contribution in [0.15, 0.2) is 29.3 Å². The Morgan fingerprint density at radius 2 is 1.84 bits per heavy atom. The summed E-state index contributed by atoms with van der Waals surface area (Å²) in [6.07, 6.45) is 0.343. The highest BCUT2D eigenvalue weighted by Gasteiger charge is 2.78. The van der Waals surface area contributed by atoms with E-state index in [9.17, 15) is 26.5 Å². The minimum absolute atomic E-state index is 0.512. The molecule has 1 aliphatic carbocycles. The fourth-order valence-corrected chi connectivity index (χ4v) is 4.36. The van der Waals surface area contributed by atoms with Crippen LogP contribution < -0.4 is 4.72 Å². The normalized spacial score (nSPS) is 25.5. The predicted octanol–water partition coefficient (Wildman–Crippen LogP) is 5.15. The molecule has 2 rings (SSSR count). The van der Waals surface area contributed by atoms with Crippen LogP contribution in [0.5, 0.6) is 0 Å². The van der Waals surface area contributed by atoms with Gasteiger partial charge in [-0.1, -0.05) is 6.08 Å². The van der Waals surface area contributed by atoms with E-state index >= 15 is 0 Å². The van der Waals surface area contributed by atoms with Crippen molar-refractivity contribution in [1.29, 1.82) is 0 Å². The van der Waals surface area contributed by atoms with Crippen LogP contribution in [-0.4, -0.2) is 15.2 Å². The summed E-state index contributed by atoms with van der Waals surface area (Å²) in [4.78, 5) is 0. The molecule has 0 saturated heterocycles. The van der Waals surface area contributed by atoms with Gasteiger partial charge in [-0.15, -0.1) is 11.3 Å². The molecule has 0 amide bonds. The summed E-state index contributed by atoms with van der Waals surface area (Å²) in [6, 6.07) is 1.33. The highest BCUT2D eigenvalue weighted by molar-refractivity contribution is 9.10. The van der Waals surface area contributed by atoms with Gasteiger partial charge in [-0.3, -0.25) is 0 Å². The van der Waals surface area contributed by atoms with Crippen molar-refractivity contribution in [3.8, 4) is 0 Å². The number of benzene rings is 1. The molecule has 2 unspecified atom stereocenters. The lowest BCUT2D eigenvalue weighted by atomic mass is 9.86. The summed E-state index contributed by atoms with van der Waals surface area (Å²) in [5, 5.41) is 0.